The van der Waals surface area contributed by atoms with Gasteiger partial charge in [-0.15, -0.1) is 0 Å². The van der Waals surface area contributed by atoms with Crippen molar-refractivity contribution in [2.45, 2.75) is 0 Å². The lowest BCUT2D eigenvalue weighted by molar-refractivity contribution is 0.0699. The molecule has 2 aliphatic rings. The summed E-state index contributed by atoms with van der Waals surface area (Å²) < 4.78 is 5.55. The number of nitrogens with zero attached hydrogens (tertiary/aromatic N) is 2. The van der Waals surface area contributed by atoms with Crippen molar-refractivity contribution in [3.8, 4) is 17.0 Å². The topological polar surface area (TPSA) is 98.7 Å². The Morgan fingerprint density at radius 3 is 2.72 bits per heavy atom. The number of pyridine rings is 1. The van der Waals surface area contributed by atoms with Gasteiger partial charge in [0.05, 0.1) is 17.7 Å². The van der Waals surface area contributed by atoms with Gasteiger partial charge in [0.15, 0.2) is 0 Å². The minimum atomic E-state index is -1.00. The summed E-state index contributed by atoms with van der Waals surface area (Å²) in [6, 6.07) is 7.32. The minimum Gasteiger partial charge on any atom is -0.480 e. The van der Waals surface area contributed by atoms with E-state index >= 15 is 0 Å². The van der Waals surface area contributed by atoms with Crippen LogP contribution >= 0.6 is 11.6 Å². The van der Waals surface area contributed by atoms with Gasteiger partial charge in [-0.3, -0.25) is 0 Å². The van der Waals surface area contributed by atoms with E-state index < -0.39 is 5.97 Å². The lowest BCUT2D eigenvalue weighted by Gasteiger charge is -2.22. The van der Waals surface area contributed by atoms with Crippen molar-refractivity contribution in [3.05, 3.63) is 41.0 Å². The molecule has 0 spiro atoms. The highest BCUT2D eigenvalue weighted by Crippen LogP contribution is 2.52. The fraction of sp³-hybridized carbons (Fsp3) is 0.333. The van der Waals surface area contributed by atoms with Crippen LogP contribution in [-0.4, -0.2) is 53.0 Å². The van der Waals surface area contributed by atoms with E-state index in [1.165, 1.54) is 6.20 Å². The van der Waals surface area contributed by atoms with Crippen LogP contribution in [0.5, 0.6) is 5.88 Å². The van der Waals surface area contributed by atoms with E-state index in [2.05, 4.69) is 14.9 Å². The van der Waals surface area contributed by atoms with Crippen molar-refractivity contribution in [1.29, 1.82) is 0 Å². The summed E-state index contributed by atoms with van der Waals surface area (Å²) in [6.45, 7) is 2.05. The standard InChI is InChI=1S/C21H20ClN3O4/c1-29-20-10(2-3-19(24-20)25-7-14-15(8-25)16(14)9-26)11-4-12-13(21(27)28)6-23-18(12)5-17(11)22/h2-6,14-16,23,26H,7-9H2,1H3,(H,27,28)/t14-,15+,16?. The van der Waals surface area contributed by atoms with Crippen LogP contribution in [0.4, 0.5) is 5.82 Å². The number of halogens is 1. The second-order valence-electron chi connectivity index (χ2n) is 7.69. The van der Waals surface area contributed by atoms with Crippen LogP contribution in [0.15, 0.2) is 30.5 Å². The number of carboxylic acids is 1. The van der Waals surface area contributed by atoms with Gasteiger partial charge in [-0.05, 0) is 42.0 Å². The molecular weight excluding hydrogens is 394 g/mol. The van der Waals surface area contributed by atoms with Crippen LogP contribution < -0.4 is 9.64 Å². The number of aromatic carboxylic acids is 1. The maximum absolute atomic E-state index is 11.5. The fourth-order valence-corrected chi connectivity index (χ4v) is 4.87. The second kappa shape index (κ2) is 6.64. The first-order valence-electron chi connectivity index (χ1n) is 9.47. The number of rotatable bonds is 5. The number of ether oxygens (including phenoxy) is 1. The van der Waals surface area contributed by atoms with Gasteiger partial charge in [0.1, 0.15) is 5.82 Å². The third-order valence-electron chi connectivity index (χ3n) is 6.24. The van der Waals surface area contributed by atoms with Gasteiger partial charge >= 0.3 is 5.97 Å². The summed E-state index contributed by atoms with van der Waals surface area (Å²) >= 11 is 6.49. The lowest BCUT2D eigenvalue weighted by Crippen LogP contribution is -2.25. The molecule has 0 amide bonds. The van der Waals surface area contributed by atoms with Crippen LogP contribution in [0.3, 0.4) is 0 Å². The number of fused-ring (bicyclic) bond motifs is 2. The average Bonchev–Trinajstić information content (AvgIpc) is 3.05. The van der Waals surface area contributed by atoms with E-state index in [1.54, 1.807) is 19.2 Å². The molecule has 1 aliphatic carbocycles. The average molecular weight is 414 g/mol. The molecule has 1 aliphatic heterocycles. The second-order valence-corrected chi connectivity index (χ2v) is 8.10. The Morgan fingerprint density at radius 2 is 2.07 bits per heavy atom. The summed E-state index contributed by atoms with van der Waals surface area (Å²) in [7, 11) is 1.56. The highest BCUT2D eigenvalue weighted by Gasteiger charge is 2.55. The number of hydrogen-bond donors (Lipinski definition) is 3. The zero-order valence-corrected chi connectivity index (χ0v) is 16.5. The number of carboxylic acid groups (broad SMARTS) is 1. The van der Waals surface area contributed by atoms with Gasteiger partial charge in [0.2, 0.25) is 5.88 Å². The first-order valence-corrected chi connectivity index (χ1v) is 9.84. The van der Waals surface area contributed by atoms with E-state index in [-0.39, 0.29) is 12.2 Å². The minimum absolute atomic E-state index is 0.191. The Balaban J connectivity index is 1.52. The first kappa shape index (κ1) is 18.3. The van der Waals surface area contributed by atoms with Crippen LogP contribution in [0.25, 0.3) is 22.0 Å². The van der Waals surface area contributed by atoms with Crippen molar-refractivity contribution in [2.24, 2.45) is 17.8 Å². The molecule has 8 heteroatoms. The molecule has 1 aromatic carbocycles. The number of anilines is 1. The van der Waals surface area contributed by atoms with Crippen LogP contribution in [0.2, 0.25) is 5.02 Å². The number of methoxy groups -OCH3 is 1. The van der Waals surface area contributed by atoms with Crippen molar-refractivity contribution in [3.63, 3.8) is 0 Å². The number of carbonyl (C=O) groups is 1. The molecule has 150 valence electrons. The fourth-order valence-electron chi connectivity index (χ4n) is 4.60. The van der Waals surface area contributed by atoms with Crippen LogP contribution in [0.1, 0.15) is 10.4 Å². The highest BCUT2D eigenvalue weighted by atomic mass is 35.5. The maximum Gasteiger partial charge on any atom is 0.337 e. The van der Waals surface area contributed by atoms with E-state index in [9.17, 15) is 15.0 Å². The predicted octanol–water partition coefficient (Wildman–Crippen LogP) is 3.26. The Morgan fingerprint density at radius 1 is 1.31 bits per heavy atom. The molecule has 5 rings (SSSR count). The summed E-state index contributed by atoms with van der Waals surface area (Å²) in [5, 5.41) is 19.8. The lowest BCUT2D eigenvalue weighted by atomic mass is 10.0. The number of aromatic amines is 1. The van der Waals surface area contributed by atoms with Gasteiger partial charge in [-0.1, -0.05) is 11.6 Å². The molecule has 1 saturated heterocycles. The van der Waals surface area contributed by atoms with Crippen LogP contribution in [-0.2, 0) is 0 Å². The SMILES string of the molecule is COc1nc(N2C[C@@H]3C(CO)[C@@H]3C2)ccc1-c1cc2c(C(=O)O)c[nH]c2cc1Cl. The van der Waals surface area contributed by atoms with Crippen molar-refractivity contribution < 1.29 is 19.7 Å². The molecular formula is C21H20ClN3O4. The number of piperidine rings is 1. The van der Waals surface area contributed by atoms with Gasteiger partial charge in [0, 0.05) is 47.9 Å². The molecule has 29 heavy (non-hydrogen) atoms. The smallest absolute Gasteiger partial charge is 0.337 e. The van der Waals surface area contributed by atoms with Gasteiger partial charge in [-0.25, -0.2) is 4.79 Å². The summed E-state index contributed by atoms with van der Waals surface area (Å²) in [5.74, 6) is 1.80. The monoisotopic (exact) mass is 413 g/mol. The number of hydrogen-bond acceptors (Lipinski definition) is 5. The zero-order chi connectivity index (χ0) is 20.3. The molecule has 7 nitrogen and oxygen atoms in total. The summed E-state index contributed by atoms with van der Waals surface area (Å²) in [4.78, 5) is 21.3. The predicted molar refractivity (Wildman–Crippen MR) is 110 cm³/mol. The van der Waals surface area contributed by atoms with Crippen molar-refractivity contribution in [2.75, 3.05) is 31.7 Å². The molecule has 2 fully saturated rings. The number of nitrogens with one attached hydrogen (secondary N) is 1. The van der Waals surface area contributed by atoms with E-state index in [0.29, 0.717) is 50.7 Å². The Hall–Kier alpha value is -2.77. The summed E-state index contributed by atoms with van der Waals surface area (Å²) in [6.07, 6.45) is 1.46. The summed E-state index contributed by atoms with van der Waals surface area (Å²) in [5.41, 5.74) is 2.23. The Kier molecular flexibility index (Phi) is 4.18. The molecule has 1 saturated carbocycles. The number of aliphatic hydroxyl groups excluding tert-OH is 1. The largest absolute Gasteiger partial charge is 0.480 e. The van der Waals surface area contributed by atoms with Crippen LogP contribution in [0, 0.1) is 17.8 Å². The van der Waals surface area contributed by atoms with E-state index in [1.807, 2.05) is 12.1 Å². The molecule has 2 aromatic heterocycles. The molecule has 3 heterocycles. The van der Waals surface area contributed by atoms with E-state index in [4.69, 9.17) is 16.3 Å². The van der Waals surface area contributed by atoms with E-state index in [0.717, 1.165) is 18.9 Å². The van der Waals surface area contributed by atoms with Gasteiger partial charge in [0.25, 0.3) is 0 Å². The number of aliphatic hydroxyl groups is 1. The van der Waals surface area contributed by atoms with Gasteiger partial charge < -0.3 is 24.8 Å². The molecule has 3 N–H and O–H groups in total. The Bertz CT molecular complexity index is 1120. The molecule has 1 unspecified atom stereocenters. The first-order chi connectivity index (χ1) is 14.0. The zero-order valence-electron chi connectivity index (χ0n) is 15.7. The third kappa shape index (κ3) is 2.84. The van der Waals surface area contributed by atoms with Gasteiger partial charge in [-0.2, -0.15) is 4.98 Å². The maximum atomic E-state index is 11.5. The highest BCUT2D eigenvalue weighted by molar-refractivity contribution is 6.34. The Labute approximate surface area is 171 Å². The van der Waals surface area contributed by atoms with Crippen molar-refractivity contribution in [1.82, 2.24) is 9.97 Å². The molecule has 3 atom stereocenters. The molecule has 0 bridgehead atoms. The number of H-pyrrole nitrogens is 1. The number of aromatic nitrogens is 2. The van der Waals surface area contributed by atoms with Crippen molar-refractivity contribution >= 4 is 34.3 Å². The third-order valence-corrected chi connectivity index (χ3v) is 6.55. The number of benzene rings is 1. The quantitative estimate of drug-likeness (QED) is 0.593. The molecule has 0 radical (unpaired) electrons. The normalized spacial score (nSPS) is 22.7. The molecule has 3 aromatic rings.